The third-order valence-corrected chi connectivity index (χ3v) is 4.18. The average molecular weight is 355 g/mol. The van der Waals surface area contributed by atoms with E-state index in [1.165, 1.54) is 0 Å². The van der Waals surface area contributed by atoms with Gasteiger partial charge in [0.25, 0.3) is 5.91 Å². The fourth-order valence-electron chi connectivity index (χ4n) is 2.14. The van der Waals surface area contributed by atoms with Crippen molar-refractivity contribution in [2.24, 2.45) is 0 Å². The first-order chi connectivity index (χ1) is 9.91. The monoisotopic (exact) mass is 354 g/mol. The van der Waals surface area contributed by atoms with Crippen molar-refractivity contribution < 1.29 is 14.3 Å². The maximum Gasteiger partial charge on any atom is 0.267 e. The molecular formula is C15H19BrN2O3. The third-order valence-electron chi connectivity index (χ3n) is 3.65. The largest absolute Gasteiger partial charge is 0.368 e. The average Bonchev–Trinajstić information content (AvgIpc) is 2.99. The van der Waals surface area contributed by atoms with Crippen LogP contribution < -0.4 is 10.9 Å². The summed E-state index contributed by atoms with van der Waals surface area (Å²) in [5, 5.41) is 0. The molecule has 0 aliphatic carbocycles. The van der Waals surface area contributed by atoms with Crippen molar-refractivity contribution in [2.75, 3.05) is 6.61 Å². The van der Waals surface area contributed by atoms with Gasteiger partial charge in [0.05, 0.1) is 5.41 Å². The standard InChI is InChI=1S/C15H19BrN2O3/c1-15(2,10-5-7-11(16)8-6-10)14(20)18-17-13(19)12-4-3-9-21-12/h5-8,12H,3-4,9H2,1-2H3,(H,17,19)(H,18,20). The molecule has 114 valence electrons. The smallest absolute Gasteiger partial charge is 0.267 e. The number of halogens is 1. The molecule has 1 aliphatic rings. The normalized spacial score (nSPS) is 18.3. The van der Waals surface area contributed by atoms with Gasteiger partial charge in [0.1, 0.15) is 6.10 Å². The summed E-state index contributed by atoms with van der Waals surface area (Å²) in [5.74, 6) is -0.566. The molecule has 1 unspecified atom stereocenters. The highest BCUT2D eigenvalue weighted by molar-refractivity contribution is 9.10. The number of nitrogens with one attached hydrogen (secondary N) is 2. The van der Waals surface area contributed by atoms with E-state index in [9.17, 15) is 9.59 Å². The molecule has 6 heteroatoms. The van der Waals surface area contributed by atoms with E-state index >= 15 is 0 Å². The second-order valence-corrected chi connectivity index (χ2v) is 6.49. The zero-order valence-electron chi connectivity index (χ0n) is 12.1. The van der Waals surface area contributed by atoms with Crippen LogP contribution >= 0.6 is 15.9 Å². The molecule has 1 aliphatic heterocycles. The van der Waals surface area contributed by atoms with Crippen LogP contribution in [-0.4, -0.2) is 24.5 Å². The molecule has 1 aromatic rings. The number of benzene rings is 1. The van der Waals surface area contributed by atoms with Gasteiger partial charge in [-0.15, -0.1) is 0 Å². The first-order valence-electron chi connectivity index (χ1n) is 6.89. The van der Waals surface area contributed by atoms with Gasteiger partial charge in [-0.1, -0.05) is 28.1 Å². The summed E-state index contributed by atoms with van der Waals surface area (Å²) in [7, 11) is 0. The Labute approximate surface area is 132 Å². The molecule has 1 saturated heterocycles. The Kier molecular flexibility index (Phi) is 5.00. The first-order valence-corrected chi connectivity index (χ1v) is 7.68. The summed E-state index contributed by atoms with van der Waals surface area (Å²) < 4.78 is 6.21. The van der Waals surface area contributed by atoms with Gasteiger partial charge in [-0.2, -0.15) is 0 Å². The molecule has 1 aromatic carbocycles. The Morgan fingerprint density at radius 3 is 2.48 bits per heavy atom. The van der Waals surface area contributed by atoms with Crippen LogP contribution in [0, 0.1) is 0 Å². The van der Waals surface area contributed by atoms with Crippen molar-refractivity contribution in [3.63, 3.8) is 0 Å². The van der Waals surface area contributed by atoms with Gasteiger partial charge in [-0.3, -0.25) is 20.4 Å². The van der Waals surface area contributed by atoms with E-state index in [0.29, 0.717) is 13.0 Å². The quantitative estimate of drug-likeness (QED) is 0.816. The Hall–Kier alpha value is -1.40. The number of hydrogen-bond donors (Lipinski definition) is 2. The highest BCUT2D eigenvalue weighted by atomic mass is 79.9. The highest BCUT2D eigenvalue weighted by Gasteiger charge is 2.31. The van der Waals surface area contributed by atoms with Crippen LogP contribution in [0.4, 0.5) is 0 Å². The fraction of sp³-hybridized carbons (Fsp3) is 0.467. The van der Waals surface area contributed by atoms with Crippen LogP contribution in [-0.2, 0) is 19.7 Å². The van der Waals surface area contributed by atoms with Gasteiger partial charge in [-0.05, 0) is 44.4 Å². The van der Waals surface area contributed by atoms with Crippen molar-refractivity contribution in [1.29, 1.82) is 0 Å². The summed E-state index contributed by atoms with van der Waals surface area (Å²) in [6.07, 6.45) is 1.11. The maximum absolute atomic E-state index is 12.3. The molecule has 0 spiro atoms. The number of hydrogen-bond acceptors (Lipinski definition) is 3. The molecule has 2 amide bonds. The Morgan fingerprint density at radius 1 is 1.24 bits per heavy atom. The van der Waals surface area contributed by atoms with Crippen LogP contribution in [0.25, 0.3) is 0 Å². The molecule has 1 heterocycles. The highest BCUT2D eigenvalue weighted by Crippen LogP contribution is 2.24. The maximum atomic E-state index is 12.3. The van der Waals surface area contributed by atoms with E-state index in [-0.39, 0.29) is 11.8 Å². The molecule has 1 fully saturated rings. The molecule has 21 heavy (non-hydrogen) atoms. The number of rotatable bonds is 3. The van der Waals surface area contributed by atoms with Crippen LogP contribution in [0.2, 0.25) is 0 Å². The summed E-state index contributed by atoms with van der Waals surface area (Å²) in [4.78, 5) is 24.1. The zero-order valence-corrected chi connectivity index (χ0v) is 13.7. The van der Waals surface area contributed by atoms with E-state index in [4.69, 9.17) is 4.74 Å². The fourth-order valence-corrected chi connectivity index (χ4v) is 2.40. The number of carbonyl (C=O) groups excluding carboxylic acids is 2. The second kappa shape index (κ2) is 6.58. The predicted octanol–water partition coefficient (Wildman–Crippen LogP) is 2.05. The minimum atomic E-state index is -0.746. The van der Waals surface area contributed by atoms with Crippen molar-refractivity contribution in [3.05, 3.63) is 34.3 Å². The van der Waals surface area contributed by atoms with Crippen LogP contribution in [0.1, 0.15) is 32.3 Å². The van der Waals surface area contributed by atoms with Gasteiger partial charge in [-0.25, -0.2) is 0 Å². The molecule has 0 saturated carbocycles. The molecule has 0 radical (unpaired) electrons. The van der Waals surface area contributed by atoms with E-state index in [0.717, 1.165) is 16.5 Å². The molecule has 0 bridgehead atoms. The zero-order chi connectivity index (χ0) is 15.5. The van der Waals surface area contributed by atoms with Crippen molar-refractivity contribution in [3.8, 4) is 0 Å². The Morgan fingerprint density at radius 2 is 1.90 bits per heavy atom. The minimum absolute atomic E-state index is 0.267. The molecule has 1 atom stereocenters. The summed E-state index contributed by atoms with van der Waals surface area (Å²) in [6.45, 7) is 4.21. The van der Waals surface area contributed by atoms with Gasteiger partial charge in [0.15, 0.2) is 0 Å². The molecular weight excluding hydrogens is 336 g/mol. The van der Waals surface area contributed by atoms with Crippen molar-refractivity contribution in [2.45, 2.75) is 38.2 Å². The lowest BCUT2D eigenvalue weighted by Gasteiger charge is -2.24. The van der Waals surface area contributed by atoms with E-state index in [1.807, 2.05) is 38.1 Å². The molecule has 5 nitrogen and oxygen atoms in total. The number of amides is 2. The topological polar surface area (TPSA) is 67.4 Å². The number of carbonyl (C=O) groups is 2. The third kappa shape index (κ3) is 3.83. The molecule has 2 rings (SSSR count). The first kappa shape index (κ1) is 16.0. The van der Waals surface area contributed by atoms with E-state index in [1.54, 1.807) is 0 Å². The van der Waals surface area contributed by atoms with E-state index < -0.39 is 11.5 Å². The van der Waals surface area contributed by atoms with Gasteiger partial charge >= 0.3 is 0 Å². The lowest BCUT2D eigenvalue weighted by molar-refractivity contribution is -0.136. The Bertz CT molecular complexity index is 522. The van der Waals surface area contributed by atoms with Gasteiger partial charge in [0, 0.05) is 11.1 Å². The van der Waals surface area contributed by atoms with Crippen LogP contribution in [0.3, 0.4) is 0 Å². The number of ether oxygens (including phenoxy) is 1. The van der Waals surface area contributed by atoms with Crippen LogP contribution in [0.5, 0.6) is 0 Å². The summed E-state index contributed by atoms with van der Waals surface area (Å²) in [6, 6.07) is 7.53. The summed E-state index contributed by atoms with van der Waals surface area (Å²) in [5.41, 5.74) is 5.05. The SMILES string of the molecule is CC(C)(C(=O)NNC(=O)C1CCCO1)c1ccc(Br)cc1. The predicted molar refractivity (Wildman–Crippen MR) is 82.4 cm³/mol. The second-order valence-electron chi connectivity index (χ2n) is 5.58. The van der Waals surface area contributed by atoms with Crippen molar-refractivity contribution in [1.82, 2.24) is 10.9 Å². The number of hydrazine groups is 1. The Balaban J connectivity index is 1.95. The lowest BCUT2D eigenvalue weighted by atomic mass is 9.84. The van der Waals surface area contributed by atoms with Gasteiger partial charge in [0.2, 0.25) is 5.91 Å². The molecule has 0 aromatic heterocycles. The van der Waals surface area contributed by atoms with Gasteiger partial charge < -0.3 is 4.74 Å². The van der Waals surface area contributed by atoms with Crippen LogP contribution in [0.15, 0.2) is 28.7 Å². The van der Waals surface area contributed by atoms with Crippen molar-refractivity contribution >= 4 is 27.7 Å². The van der Waals surface area contributed by atoms with E-state index in [2.05, 4.69) is 26.8 Å². The molecule has 2 N–H and O–H groups in total. The lowest BCUT2D eigenvalue weighted by Crippen LogP contribution is -2.51. The summed E-state index contributed by atoms with van der Waals surface area (Å²) >= 11 is 3.37. The minimum Gasteiger partial charge on any atom is -0.368 e.